The Morgan fingerprint density at radius 2 is 2.27 bits per heavy atom. The molecule has 4 nitrogen and oxygen atoms in total. The van der Waals surface area contributed by atoms with Crippen LogP contribution in [0.2, 0.25) is 0 Å². The highest BCUT2D eigenvalue weighted by molar-refractivity contribution is 5.95. The van der Waals surface area contributed by atoms with Gasteiger partial charge in [-0.25, -0.2) is 4.79 Å². The van der Waals surface area contributed by atoms with E-state index in [1.807, 2.05) is 20.8 Å². The minimum absolute atomic E-state index is 0.311. The summed E-state index contributed by atoms with van der Waals surface area (Å²) in [5.41, 5.74) is 1.98. The van der Waals surface area contributed by atoms with E-state index in [1.54, 1.807) is 12.4 Å². The first-order valence-electron chi connectivity index (χ1n) is 4.91. The molecule has 4 heteroatoms. The van der Waals surface area contributed by atoms with Crippen LogP contribution >= 0.6 is 0 Å². The van der Waals surface area contributed by atoms with Gasteiger partial charge in [-0.3, -0.25) is 4.99 Å². The zero-order chi connectivity index (χ0) is 11.1. The summed E-state index contributed by atoms with van der Waals surface area (Å²) in [7, 11) is 0. The third-order valence-corrected chi connectivity index (χ3v) is 2.11. The Kier molecular flexibility index (Phi) is 2.14. The molecule has 0 aliphatic carbocycles. The lowest BCUT2D eigenvalue weighted by atomic mass is 10.1. The highest BCUT2D eigenvalue weighted by Crippen LogP contribution is 2.21. The summed E-state index contributed by atoms with van der Waals surface area (Å²) in [6.07, 6.45) is 3.55. The fourth-order valence-electron chi connectivity index (χ4n) is 1.50. The molecule has 0 unspecified atom stereocenters. The van der Waals surface area contributed by atoms with Crippen molar-refractivity contribution in [3.05, 3.63) is 23.0 Å². The van der Waals surface area contributed by atoms with Gasteiger partial charge in [0.2, 0.25) is 0 Å². The number of ether oxygens (including phenoxy) is 1. The first-order valence-corrected chi connectivity index (χ1v) is 4.91. The Morgan fingerprint density at radius 3 is 2.93 bits per heavy atom. The Hall–Kier alpha value is -1.58. The van der Waals surface area contributed by atoms with Crippen molar-refractivity contribution in [3.63, 3.8) is 0 Å². The fraction of sp³-hybridized carbons (Fsp3) is 0.455. The Bertz CT molecular complexity index is 424. The number of nitrogens with zero attached hydrogens (tertiary/aromatic N) is 1. The molecule has 1 aliphatic rings. The predicted octanol–water partition coefficient (Wildman–Crippen LogP) is 1.90. The van der Waals surface area contributed by atoms with Gasteiger partial charge in [0.05, 0.1) is 6.54 Å². The summed E-state index contributed by atoms with van der Waals surface area (Å²) in [6.45, 7) is 6.12. The van der Waals surface area contributed by atoms with E-state index in [1.165, 1.54) is 0 Å². The number of aromatic nitrogens is 1. The number of esters is 1. The molecule has 0 amide bonds. The standard InChI is InChI=1S/C11H14N2O2/c1-11(2,3)15-10(14)9-8-6-12-4-7(8)5-13-9/h4-5,13H,6H2,1-3H3. The smallest absolute Gasteiger partial charge is 0.355 e. The van der Waals surface area contributed by atoms with Crippen molar-refractivity contribution < 1.29 is 9.53 Å². The van der Waals surface area contributed by atoms with Gasteiger partial charge in [0.1, 0.15) is 11.3 Å². The molecule has 80 valence electrons. The van der Waals surface area contributed by atoms with E-state index in [0.29, 0.717) is 12.2 Å². The van der Waals surface area contributed by atoms with E-state index in [4.69, 9.17) is 4.74 Å². The van der Waals surface area contributed by atoms with Crippen LogP contribution in [0.25, 0.3) is 0 Å². The lowest BCUT2D eigenvalue weighted by molar-refractivity contribution is 0.00625. The van der Waals surface area contributed by atoms with Crippen molar-refractivity contribution in [2.24, 2.45) is 4.99 Å². The van der Waals surface area contributed by atoms with Crippen LogP contribution in [0, 0.1) is 0 Å². The number of carbonyl (C=O) groups is 1. The van der Waals surface area contributed by atoms with E-state index >= 15 is 0 Å². The van der Waals surface area contributed by atoms with Gasteiger partial charge in [0.15, 0.2) is 0 Å². The van der Waals surface area contributed by atoms with E-state index in [0.717, 1.165) is 11.1 Å². The SMILES string of the molecule is CC(C)(C)OC(=O)c1[nH]cc2c1CN=C2. The minimum Gasteiger partial charge on any atom is -0.455 e. The second kappa shape index (κ2) is 3.22. The number of aromatic amines is 1. The molecule has 0 spiro atoms. The maximum absolute atomic E-state index is 11.8. The molecule has 0 atom stereocenters. The zero-order valence-corrected chi connectivity index (χ0v) is 9.13. The largest absolute Gasteiger partial charge is 0.455 e. The zero-order valence-electron chi connectivity index (χ0n) is 9.13. The van der Waals surface area contributed by atoms with Gasteiger partial charge < -0.3 is 9.72 Å². The molecule has 1 aliphatic heterocycles. The topological polar surface area (TPSA) is 54.5 Å². The maximum atomic E-state index is 11.8. The minimum atomic E-state index is -0.464. The molecule has 2 heterocycles. The van der Waals surface area contributed by atoms with Crippen LogP contribution in [0.15, 0.2) is 11.2 Å². The van der Waals surface area contributed by atoms with E-state index in [2.05, 4.69) is 9.98 Å². The molecule has 0 saturated carbocycles. The monoisotopic (exact) mass is 206 g/mol. The molecule has 0 fully saturated rings. The molecular formula is C11H14N2O2. The van der Waals surface area contributed by atoms with Crippen molar-refractivity contribution >= 4 is 12.2 Å². The van der Waals surface area contributed by atoms with Crippen molar-refractivity contribution in [1.82, 2.24) is 4.98 Å². The molecule has 0 aromatic carbocycles. The van der Waals surface area contributed by atoms with E-state index in [-0.39, 0.29) is 5.97 Å². The number of rotatable bonds is 1. The molecule has 1 aromatic rings. The average Bonchev–Trinajstić information content (AvgIpc) is 2.57. The predicted molar refractivity (Wildman–Crippen MR) is 57.3 cm³/mol. The second-order valence-corrected chi connectivity index (χ2v) is 4.57. The first kappa shape index (κ1) is 9.96. The molecule has 0 radical (unpaired) electrons. The van der Waals surface area contributed by atoms with Crippen LogP contribution in [-0.2, 0) is 11.3 Å². The van der Waals surface area contributed by atoms with Crippen molar-refractivity contribution in [2.75, 3.05) is 0 Å². The Morgan fingerprint density at radius 1 is 1.53 bits per heavy atom. The van der Waals surface area contributed by atoms with Crippen molar-refractivity contribution in [3.8, 4) is 0 Å². The van der Waals surface area contributed by atoms with Crippen LogP contribution < -0.4 is 0 Å². The Labute approximate surface area is 88.4 Å². The van der Waals surface area contributed by atoms with Gasteiger partial charge in [-0.05, 0) is 20.8 Å². The summed E-state index contributed by atoms with van der Waals surface area (Å²) in [4.78, 5) is 18.8. The number of H-pyrrole nitrogens is 1. The molecule has 1 aromatic heterocycles. The number of hydrogen-bond donors (Lipinski definition) is 1. The van der Waals surface area contributed by atoms with Gasteiger partial charge in [-0.2, -0.15) is 0 Å². The van der Waals surface area contributed by atoms with E-state index < -0.39 is 5.60 Å². The van der Waals surface area contributed by atoms with Gasteiger partial charge in [-0.15, -0.1) is 0 Å². The first-order chi connectivity index (χ1) is 6.97. The quantitative estimate of drug-likeness (QED) is 0.713. The van der Waals surface area contributed by atoms with Gasteiger partial charge in [0, 0.05) is 23.5 Å². The van der Waals surface area contributed by atoms with Crippen molar-refractivity contribution in [1.29, 1.82) is 0 Å². The highest BCUT2D eigenvalue weighted by Gasteiger charge is 2.24. The molecular weight excluding hydrogens is 192 g/mol. The summed E-state index contributed by atoms with van der Waals surface area (Å²) < 4.78 is 5.28. The van der Waals surface area contributed by atoms with Gasteiger partial charge in [0.25, 0.3) is 0 Å². The number of fused-ring (bicyclic) bond motifs is 1. The molecule has 0 saturated heterocycles. The number of hydrogen-bond acceptors (Lipinski definition) is 3. The van der Waals surface area contributed by atoms with Gasteiger partial charge in [-0.1, -0.05) is 0 Å². The lowest BCUT2D eigenvalue weighted by Gasteiger charge is -2.19. The number of nitrogens with one attached hydrogen (secondary N) is 1. The van der Waals surface area contributed by atoms with Crippen LogP contribution in [0.5, 0.6) is 0 Å². The lowest BCUT2D eigenvalue weighted by Crippen LogP contribution is -2.24. The molecule has 2 rings (SSSR count). The van der Waals surface area contributed by atoms with Crippen molar-refractivity contribution in [2.45, 2.75) is 32.9 Å². The Balaban J connectivity index is 2.21. The summed E-state index contributed by atoms with van der Waals surface area (Å²) >= 11 is 0. The van der Waals surface area contributed by atoms with Crippen LogP contribution in [0.3, 0.4) is 0 Å². The van der Waals surface area contributed by atoms with Crippen LogP contribution in [-0.4, -0.2) is 22.8 Å². The number of aliphatic imine (C=N–C) groups is 1. The second-order valence-electron chi connectivity index (χ2n) is 4.57. The average molecular weight is 206 g/mol. The molecule has 1 N–H and O–H groups in total. The summed E-state index contributed by atoms with van der Waals surface area (Å²) in [5.74, 6) is -0.311. The summed E-state index contributed by atoms with van der Waals surface area (Å²) in [5, 5.41) is 0. The van der Waals surface area contributed by atoms with Gasteiger partial charge >= 0.3 is 5.97 Å². The van der Waals surface area contributed by atoms with E-state index in [9.17, 15) is 4.79 Å². The highest BCUT2D eigenvalue weighted by atomic mass is 16.6. The molecule has 15 heavy (non-hydrogen) atoms. The third kappa shape index (κ3) is 1.93. The number of carbonyl (C=O) groups excluding carboxylic acids is 1. The summed E-state index contributed by atoms with van der Waals surface area (Å²) in [6, 6.07) is 0. The molecule has 0 bridgehead atoms. The normalized spacial score (nSPS) is 14.1. The maximum Gasteiger partial charge on any atom is 0.355 e. The van der Waals surface area contributed by atoms with Crippen LogP contribution in [0.4, 0.5) is 0 Å². The fourth-order valence-corrected chi connectivity index (χ4v) is 1.50. The third-order valence-electron chi connectivity index (χ3n) is 2.11. The van der Waals surface area contributed by atoms with Crippen LogP contribution in [0.1, 0.15) is 42.4 Å².